The molecule has 1 atom stereocenters. The molecule has 1 amide bonds. The van der Waals surface area contributed by atoms with E-state index in [4.69, 9.17) is 5.11 Å². The highest BCUT2D eigenvalue weighted by atomic mass is 19.3. The highest BCUT2D eigenvalue weighted by Crippen LogP contribution is 2.19. The molecule has 1 aromatic rings. The van der Waals surface area contributed by atoms with E-state index in [2.05, 4.69) is 10.1 Å². The summed E-state index contributed by atoms with van der Waals surface area (Å²) in [5.41, 5.74) is 0.263. The summed E-state index contributed by atoms with van der Waals surface area (Å²) in [5.74, 6) is -1.83. The van der Waals surface area contributed by atoms with E-state index in [1.165, 1.54) is 31.2 Å². The van der Waals surface area contributed by atoms with E-state index in [0.29, 0.717) is 0 Å². The summed E-state index contributed by atoms with van der Waals surface area (Å²) in [6.07, 6.45) is 0. The number of benzene rings is 1. The Morgan fingerprint density at radius 2 is 1.83 bits per heavy atom. The van der Waals surface area contributed by atoms with Crippen LogP contribution in [0, 0.1) is 0 Å². The van der Waals surface area contributed by atoms with Gasteiger partial charge in [0.1, 0.15) is 5.75 Å². The molecule has 0 saturated carbocycles. The lowest BCUT2D eigenvalue weighted by molar-refractivity contribution is -0.141. The van der Waals surface area contributed by atoms with Crippen LogP contribution in [0.15, 0.2) is 24.3 Å². The number of carbonyl (C=O) groups excluding carboxylic acids is 1. The lowest BCUT2D eigenvalue weighted by atomic mass is 10.1. The molecular formula is C11H11F2NO4. The lowest BCUT2D eigenvalue weighted by Gasteiger charge is -2.14. The smallest absolute Gasteiger partial charge is 0.387 e. The second-order valence-corrected chi connectivity index (χ2v) is 3.42. The van der Waals surface area contributed by atoms with Crippen molar-refractivity contribution in [3.63, 3.8) is 0 Å². The first kappa shape index (κ1) is 13.9. The van der Waals surface area contributed by atoms with Gasteiger partial charge in [0.15, 0.2) is 6.04 Å². The Morgan fingerprint density at radius 3 is 2.22 bits per heavy atom. The Balaban J connectivity index is 2.86. The molecule has 7 heteroatoms. The van der Waals surface area contributed by atoms with Gasteiger partial charge in [0.05, 0.1) is 0 Å². The number of nitrogens with one attached hydrogen (secondary N) is 1. The van der Waals surface area contributed by atoms with Gasteiger partial charge in [0.2, 0.25) is 5.91 Å². The average Bonchev–Trinajstić information content (AvgIpc) is 2.26. The summed E-state index contributed by atoms with van der Waals surface area (Å²) in [5, 5.41) is 11.2. The third-order valence-corrected chi connectivity index (χ3v) is 2.03. The molecule has 5 nitrogen and oxygen atoms in total. The second kappa shape index (κ2) is 5.95. The number of carboxylic acids is 1. The van der Waals surface area contributed by atoms with Crippen molar-refractivity contribution in [3.8, 4) is 5.75 Å². The quantitative estimate of drug-likeness (QED) is 0.841. The van der Waals surface area contributed by atoms with Gasteiger partial charge in [-0.25, -0.2) is 4.79 Å². The molecule has 0 heterocycles. The first-order valence-corrected chi connectivity index (χ1v) is 4.95. The summed E-state index contributed by atoms with van der Waals surface area (Å²) in [6, 6.07) is 3.79. The molecule has 1 rings (SSSR count). The van der Waals surface area contributed by atoms with Crippen molar-refractivity contribution < 1.29 is 28.2 Å². The summed E-state index contributed by atoms with van der Waals surface area (Å²) < 4.78 is 27.9. The highest BCUT2D eigenvalue weighted by molar-refractivity contribution is 5.83. The molecule has 1 aromatic carbocycles. The number of amides is 1. The molecule has 2 N–H and O–H groups in total. The predicted molar refractivity (Wildman–Crippen MR) is 57.3 cm³/mol. The van der Waals surface area contributed by atoms with Crippen molar-refractivity contribution in [1.29, 1.82) is 0 Å². The first-order chi connectivity index (χ1) is 8.40. The van der Waals surface area contributed by atoms with E-state index in [1.807, 2.05) is 0 Å². The minimum atomic E-state index is -2.94. The molecule has 0 bridgehead atoms. The number of halogens is 2. The fourth-order valence-corrected chi connectivity index (χ4v) is 1.33. The van der Waals surface area contributed by atoms with Crippen LogP contribution in [0.1, 0.15) is 18.5 Å². The molecule has 0 radical (unpaired) electrons. The summed E-state index contributed by atoms with van der Waals surface area (Å²) in [4.78, 5) is 21.8. The first-order valence-electron chi connectivity index (χ1n) is 4.95. The molecule has 1 unspecified atom stereocenters. The van der Waals surface area contributed by atoms with E-state index in [9.17, 15) is 18.4 Å². The van der Waals surface area contributed by atoms with Crippen LogP contribution in [0.25, 0.3) is 0 Å². The number of hydrogen-bond donors (Lipinski definition) is 2. The number of carbonyl (C=O) groups is 2. The highest BCUT2D eigenvalue weighted by Gasteiger charge is 2.20. The second-order valence-electron chi connectivity index (χ2n) is 3.42. The normalized spacial score (nSPS) is 12.0. The third-order valence-electron chi connectivity index (χ3n) is 2.03. The fourth-order valence-electron chi connectivity index (χ4n) is 1.33. The van der Waals surface area contributed by atoms with Crippen LogP contribution < -0.4 is 10.1 Å². The Labute approximate surface area is 101 Å². The van der Waals surface area contributed by atoms with Crippen LogP contribution >= 0.6 is 0 Å². The van der Waals surface area contributed by atoms with E-state index in [1.54, 1.807) is 0 Å². The number of alkyl halides is 2. The number of carboxylic acid groups (broad SMARTS) is 1. The van der Waals surface area contributed by atoms with Crippen molar-refractivity contribution in [2.75, 3.05) is 0 Å². The number of aliphatic carboxylic acids is 1. The SMILES string of the molecule is CC(=O)NC(C(=O)O)c1ccc(OC(F)F)cc1. The Morgan fingerprint density at radius 1 is 1.28 bits per heavy atom. The summed E-state index contributed by atoms with van der Waals surface area (Å²) in [6.45, 7) is -1.76. The van der Waals surface area contributed by atoms with Crippen LogP contribution in [0.2, 0.25) is 0 Å². The van der Waals surface area contributed by atoms with Gasteiger partial charge in [-0.2, -0.15) is 8.78 Å². The largest absolute Gasteiger partial charge is 0.479 e. The molecule has 0 aliphatic heterocycles. The van der Waals surface area contributed by atoms with Gasteiger partial charge in [-0.3, -0.25) is 4.79 Å². The topological polar surface area (TPSA) is 75.6 Å². The van der Waals surface area contributed by atoms with Crippen LogP contribution in [0.3, 0.4) is 0 Å². The van der Waals surface area contributed by atoms with Crippen molar-refractivity contribution >= 4 is 11.9 Å². The van der Waals surface area contributed by atoms with Gasteiger partial charge in [-0.05, 0) is 17.7 Å². The molecule has 0 aliphatic rings. The van der Waals surface area contributed by atoms with Crippen LogP contribution in [-0.4, -0.2) is 23.6 Å². The van der Waals surface area contributed by atoms with Gasteiger partial charge >= 0.3 is 12.6 Å². The zero-order chi connectivity index (χ0) is 13.7. The molecular weight excluding hydrogens is 248 g/mol. The van der Waals surface area contributed by atoms with E-state index >= 15 is 0 Å². The minimum absolute atomic E-state index is 0.0827. The number of ether oxygens (including phenoxy) is 1. The van der Waals surface area contributed by atoms with E-state index in [0.717, 1.165) is 0 Å². The molecule has 0 aliphatic carbocycles. The van der Waals surface area contributed by atoms with Gasteiger partial charge in [0, 0.05) is 6.92 Å². The van der Waals surface area contributed by atoms with Crippen molar-refractivity contribution in [2.24, 2.45) is 0 Å². The molecule has 0 spiro atoms. The maximum Gasteiger partial charge on any atom is 0.387 e. The number of hydrogen-bond acceptors (Lipinski definition) is 3. The molecule has 0 fully saturated rings. The fraction of sp³-hybridized carbons (Fsp3) is 0.273. The van der Waals surface area contributed by atoms with Crippen molar-refractivity contribution in [3.05, 3.63) is 29.8 Å². The molecule has 0 aromatic heterocycles. The average molecular weight is 259 g/mol. The maximum atomic E-state index is 11.9. The van der Waals surface area contributed by atoms with E-state index < -0.39 is 24.5 Å². The Bertz CT molecular complexity index is 433. The van der Waals surface area contributed by atoms with Gasteiger partial charge in [-0.1, -0.05) is 12.1 Å². The van der Waals surface area contributed by atoms with Gasteiger partial charge in [0.25, 0.3) is 0 Å². The predicted octanol–water partition coefficient (Wildman–Crippen LogP) is 1.55. The van der Waals surface area contributed by atoms with Crippen molar-refractivity contribution in [1.82, 2.24) is 5.32 Å². The van der Waals surface area contributed by atoms with Crippen LogP contribution in [0.4, 0.5) is 8.78 Å². The standard InChI is InChI=1S/C11H11F2NO4/c1-6(15)14-9(10(16)17)7-2-4-8(5-3-7)18-11(12)13/h2-5,9,11H,1H3,(H,14,15)(H,16,17). The number of rotatable bonds is 5. The molecule has 18 heavy (non-hydrogen) atoms. The molecule has 98 valence electrons. The van der Waals surface area contributed by atoms with Crippen LogP contribution in [0.5, 0.6) is 5.75 Å². The zero-order valence-corrected chi connectivity index (χ0v) is 9.39. The maximum absolute atomic E-state index is 11.9. The minimum Gasteiger partial charge on any atom is -0.479 e. The third kappa shape index (κ3) is 4.00. The Kier molecular flexibility index (Phi) is 4.59. The monoisotopic (exact) mass is 259 g/mol. The summed E-state index contributed by atoms with van der Waals surface area (Å²) >= 11 is 0. The zero-order valence-electron chi connectivity index (χ0n) is 9.39. The summed E-state index contributed by atoms with van der Waals surface area (Å²) in [7, 11) is 0. The lowest BCUT2D eigenvalue weighted by Crippen LogP contribution is -2.31. The Hall–Kier alpha value is -2.18. The molecule has 0 saturated heterocycles. The van der Waals surface area contributed by atoms with Crippen LogP contribution in [-0.2, 0) is 9.59 Å². The van der Waals surface area contributed by atoms with Crippen molar-refractivity contribution in [2.45, 2.75) is 19.6 Å². The van der Waals surface area contributed by atoms with E-state index in [-0.39, 0.29) is 11.3 Å². The van der Waals surface area contributed by atoms with Gasteiger partial charge in [-0.15, -0.1) is 0 Å². The van der Waals surface area contributed by atoms with Gasteiger partial charge < -0.3 is 15.2 Å².